The minimum absolute atomic E-state index is 0.181. The van der Waals surface area contributed by atoms with Gasteiger partial charge in [0, 0.05) is 32.4 Å². The molecule has 1 saturated heterocycles. The summed E-state index contributed by atoms with van der Waals surface area (Å²) in [5.74, 6) is 0.808. The number of carbonyl (C=O) groups is 3. The molecule has 0 radical (unpaired) electrons. The van der Waals surface area contributed by atoms with Crippen LogP contribution < -0.4 is 15.8 Å². The van der Waals surface area contributed by atoms with Gasteiger partial charge in [0.1, 0.15) is 23.3 Å². The molecule has 0 aliphatic carbocycles. The summed E-state index contributed by atoms with van der Waals surface area (Å²) in [5, 5.41) is 21.7. The molecule has 0 atom stereocenters. The summed E-state index contributed by atoms with van der Waals surface area (Å²) < 4.78 is 66.5. The molecule has 19 heteroatoms. The van der Waals surface area contributed by atoms with Crippen LogP contribution in [-0.4, -0.2) is 90.8 Å². The van der Waals surface area contributed by atoms with Gasteiger partial charge in [-0.1, -0.05) is 12.0 Å². The summed E-state index contributed by atoms with van der Waals surface area (Å²) in [6.07, 6.45) is -7.09. The zero-order valence-electron chi connectivity index (χ0n) is 22.1. The lowest BCUT2D eigenvalue weighted by Crippen LogP contribution is -2.44. The highest BCUT2D eigenvalue weighted by atomic mass is 19.4. The van der Waals surface area contributed by atoms with Gasteiger partial charge in [0.15, 0.2) is 0 Å². The number of hydrogen-bond acceptors (Lipinski definition) is 9. The van der Waals surface area contributed by atoms with Crippen LogP contribution in [0.3, 0.4) is 0 Å². The van der Waals surface area contributed by atoms with Crippen molar-refractivity contribution in [1.29, 1.82) is 0 Å². The molecular weight excluding hydrogens is 596 g/mol. The van der Waals surface area contributed by atoms with Crippen molar-refractivity contribution in [2.45, 2.75) is 32.4 Å². The number of Topliss-reactive ketones (excluding diaryl/α,β-unsaturated/α-hetero) is 1. The lowest BCUT2D eigenvalue weighted by Gasteiger charge is -2.28. The molecule has 1 aliphatic heterocycles. The van der Waals surface area contributed by atoms with Crippen LogP contribution in [0.2, 0.25) is 0 Å². The van der Waals surface area contributed by atoms with E-state index in [0.29, 0.717) is 29.2 Å². The molecule has 232 valence electrons. The van der Waals surface area contributed by atoms with Crippen LogP contribution in [0.4, 0.5) is 32.3 Å². The van der Waals surface area contributed by atoms with Crippen LogP contribution in [0.5, 0.6) is 0 Å². The van der Waals surface area contributed by atoms with Gasteiger partial charge in [0.05, 0.1) is 12.7 Å². The highest BCUT2D eigenvalue weighted by Gasteiger charge is 2.38. The Kier molecular flexibility index (Phi) is 11.7. The number of carbonyl (C=O) groups excluding carboxylic acids is 1. The van der Waals surface area contributed by atoms with Crippen molar-refractivity contribution in [2.75, 3.05) is 31.1 Å². The monoisotopic (exact) mass is 619 g/mol. The highest BCUT2D eigenvalue weighted by Crippen LogP contribution is 2.20. The summed E-state index contributed by atoms with van der Waals surface area (Å²) in [5.41, 5.74) is 0.847. The van der Waals surface area contributed by atoms with Crippen molar-refractivity contribution in [1.82, 2.24) is 29.6 Å². The molecule has 0 aromatic carbocycles. The van der Waals surface area contributed by atoms with Gasteiger partial charge in [-0.25, -0.2) is 19.3 Å². The van der Waals surface area contributed by atoms with E-state index in [2.05, 4.69) is 37.1 Å². The van der Waals surface area contributed by atoms with E-state index in [-0.39, 0.29) is 17.9 Å². The number of pyridine rings is 1. The summed E-state index contributed by atoms with van der Waals surface area (Å²) in [7, 11) is 0. The summed E-state index contributed by atoms with van der Waals surface area (Å²) in [4.78, 5) is 54.3. The second-order valence-electron chi connectivity index (χ2n) is 8.25. The van der Waals surface area contributed by atoms with Gasteiger partial charge in [-0.15, -0.1) is 5.92 Å². The molecule has 13 nitrogen and oxygen atoms in total. The number of rotatable bonds is 5. The fraction of sp³-hybridized carbons (Fsp3) is 0.375. The third-order valence-electron chi connectivity index (χ3n) is 5.27. The molecule has 4 heterocycles. The maximum absolute atomic E-state index is 13.2. The number of halogens is 6. The molecule has 4 rings (SSSR count). The number of hydrogen-bond donors (Lipinski definition) is 3. The molecule has 3 aromatic heterocycles. The van der Waals surface area contributed by atoms with Gasteiger partial charge in [0.2, 0.25) is 11.7 Å². The Morgan fingerprint density at radius 2 is 1.60 bits per heavy atom. The van der Waals surface area contributed by atoms with Gasteiger partial charge in [0.25, 0.3) is 5.56 Å². The molecule has 3 aromatic rings. The number of piperazine rings is 1. The molecule has 0 bridgehead atoms. The fourth-order valence-electron chi connectivity index (χ4n) is 3.34. The first-order valence-electron chi connectivity index (χ1n) is 11.9. The quantitative estimate of drug-likeness (QED) is 0.215. The number of anilines is 1. The smallest absolute Gasteiger partial charge is 0.475 e. The lowest BCUT2D eigenvalue weighted by molar-refractivity contribution is -0.193. The number of ketones is 1. The van der Waals surface area contributed by atoms with Crippen LogP contribution in [0, 0.1) is 11.8 Å². The average Bonchev–Trinajstić information content (AvgIpc) is 3.33. The summed E-state index contributed by atoms with van der Waals surface area (Å²) in [6.45, 7) is 5.22. The lowest BCUT2D eigenvalue weighted by atomic mass is 10.2. The molecule has 0 saturated carbocycles. The van der Waals surface area contributed by atoms with Crippen molar-refractivity contribution < 1.29 is 50.9 Å². The fourth-order valence-corrected chi connectivity index (χ4v) is 3.34. The third kappa shape index (κ3) is 9.81. The van der Waals surface area contributed by atoms with E-state index in [4.69, 9.17) is 19.8 Å². The SMILES string of the molecule is CC#CCn1c(N2CCNCC2)nc2cnn(CC(=O)c3ccccn3)c(=O)c21.O=C(O)C(F)(F)F.O=C(O)C(F)(F)F. The van der Waals surface area contributed by atoms with E-state index < -0.39 is 24.3 Å². The van der Waals surface area contributed by atoms with E-state index in [1.54, 1.807) is 31.3 Å². The van der Waals surface area contributed by atoms with E-state index >= 15 is 0 Å². The number of aromatic nitrogens is 5. The van der Waals surface area contributed by atoms with Gasteiger partial charge in [-0.2, -0.15) is 31.4 Å². The first-order chi connectivity index (χ1) is 20.1. The maximum atomic E-state index is 13.2. The van der Waals surface area contributed by atoms with Crippen molar-refractivity contribution >= 4 is 34.7 Å². The Morgan fingerprint density at radius 1 is 1.02 bits per heavy atom. The summed E-state index contributed by atoms with van der Waals surface area (Å²) >= 11 is 0. The van der Waals surface area contributed by atoms with Crippen LogP contribution in [0.15, 0.2) is 35.4 Å². The van der Waals surface area contributed by atoms with E-state index in [9.17, 15) is 35.9 Å². The molecule has 3 N–H and O–H groups in total. The second-order valence-corrected chi connectivity index (χ2v) is 8.25. The zero-order chi connectivity index (χ0) is 32.4. The van der Waals surface area contributed by atoms with Crippen molar-refractivity contribution in [3.05, 3.63) is 46.6 Å². The van der Waals surface area contributed by atoms with E-state index in [1.165, 1.54) is 10.9 Å². The van der Waals surface area contributed by atoms with Crippen molar-refractivity contribution in [3.63, 3.8) is 0 Å². The Bertz CT molecular complexity index is 1530. The maximum Gasteiger partial charge on any atom is 0.490 e. The molecule has 0 spiro atoms. The Hall–Kier alpha value is -4.99. The second kappa shape index (κ2) is 14.8. The number of alkyl halides is 6. The highest BCUT2D eigenvalue weighted by molar-refractivity contribution is 5.94. The Labute approximate surface area is 237 Å². The molecular formula is C24H23F6N7O6. The number of nitrogens with one attached hydrogen (secondary N) is 1. The minimum atomic E-state index is -5.08. The number of imidazole rings is 1. The van der Waals surface area contributed by atoms with Crippen LogP contribution in [-0.2, 0) is 22.7 Å². The van der Waals surface area contributed by atoms with E-state index in [1.807, 2.05) is 4.57 Å². The van der Waals surface area contributed by atoms with Gasteiger partial charge >= 0.3 is 24.3 Å². The standard InChI is InChI=1S/C20H21N7O2.2C2HF3O2/c1-2-3-10-26-18-16(24-20(26)25-11-8-21-9-12-25)13-23-27(19(18)29)14-17(28)15-6-4-5-7-22-15;2*3-2(4,5)1(6)7/h4-7,13,21H,8-12,14H2,1H3;2*(H,6,7). The van der Waals surface area contributed by atoms with Gasteiger partial charge in [-0.05, 0) is 19.1 Å². The first-order valence-corrected chi connectivity index (χ1v) is 11.9. The molecule has 0 amide bonds. The number of aliphatic carboxylic acids is 2. The van der Waals surface area contributed by atoms with Crippen LogP contribution >= 0.6 is 0 Å². The molecule has 1 aliphatic rings. The third-order valence-corrected chi connectivity index (χ3v) is 5.27. The number of carboxylic acids is 2. The average molecular weight is 619 g/mol. The number of nitrogens with zero attached hydrogens (tertiary/aromatic N) is 6. The van der Waals surface area contributed by atoms with Gasteiger partial charge < -0.3 is 20.4 Å². The number of carboxylic acid groups (broad SMARTS) is 2. The normalized spacial score (nSPS) is 13.0. The molecule has 43 heavy (non-hydrogen) atoms. The number of fused-ring (bicyclic) bond motifs is 1. The zero-order valence-corrected chi connectivity index (χ0v) is 22.1. The Balaban J connectivity index is 0.000000384. The first kappa shape index (κ1) is 34.2. The largest absolute Gasteiger partial charge is 0.490 e. The topological polar surface area (TPSA) is 173 Å². The van der Waals surface area contributed by atoms with Crippen molar-refractivity contribution in [2.24, 2.45) is 0 Å². The molecule has 0 unspecified atom stereocenters. The van der Waals surface area contributed by atoms with E-state index in [0.717, 1.165) is 26.2 Å². The van der Waals surface area contributed by atoms with Gasteiger partial charge in [-0.3, -0.25) is 19.1 Å². The van der Waals surface area contributed by atoms with Crippen LogP contribution in [0.25, 0.3) is 11.0 Å². The van der Waals surface area contributed by atoms with Crippen LogP contribution in [0.1, 0.15) is 17.4 Å². The summed E-state index contributed by atoms with van der Waals surface area (Å²) in [6, 6.07) is 5.09. The Morgan fingerprint density at radius 3 is 2.09 bits per heavy atom. The predicted molar refractivity (Wildman–Crippen MR) is 136 cm³/mol. The predicted octanol–water partition coefficient (Wildman–Crippen LogP) is 1.57. The van der Waals surface area contributed by atoms with Crippen molar-refractivity contribution in [3.8, 4) is 11.8 Å². The molecule has 1 fully saturated rings. The minimum Gasteiger partial charge on any atom is -0.475 e.